The molecular formula is C17H29N3. The smallest absolute Gasteiger partial charge is 0.0415 e. The van der Waals surface area contributed by atoms with Crippen LogP contribution in [-0.4, -0.2) is 36.6 Å². The summed E-state index contributed by atoms with van der Waals surface area (Å²) in [7, 11) is 0. The lowest BCUT2D eigenvalue weighted by Crippen LogP contribution is -2.53. The Balaban J connectivity index is 2.11. The molecule has 1 saturated heterocycles. The summed E-state index contributed by atoms with van der Waals surface area (Å²) in [6.07, 6.45) is 0.985. The lowest BCUT2D eigenvalue weighted by molar-refractivity contribution is 0.128. The van der Waals surface area contributed by atoms with Gasteiger partial charge in [-0.05, 0) is 38.8 Å². The van der Waals surface area contributed by atoms with Gasteiger partial charge in [-0.3, -0.25) is 4.90 Å². The van der Waals surface area contributed by atoms with Gasteiger partial charge in [0.2, 0.25) is 0 Å². The summed E-state index contributed by atoms with van der Waals surface area (Å²) in [5.41, 5.74) is 9.15. The summed E-state index contributed by atoms with van der Waals surface area (Å²) < 4.78 is 0. The summed E-state index contributed by atoms with van der Waals surface area (Å²) >= 11 is 0. The highest BCUT2D eigenvalue weighted by atomic mass is 15.3. The van der Waals surface area contributed by atoms with Crippen LogP contribution in [0.2, 0.25) is 0 Å². The van der Waals surface area contributed by atoms with Crippen molar-refractivity contribution in [2.24, 2.45) is 5.73 Å². The Morgan fingerprint density at radius 1 is 1.10 bits per heavy atom. The van der Waals surface area contributed by atoms with Crippen LogP contribution in [0.5, 0.6) is 0 Å². The van der Waals surface area contributed by atoms with Gasteiger partial charge in [0.25, 0.3) is 0 Å². The Hall–Kier alpha value is -1.06. The molecule has 0 radical (unpaired) electrons. The van der Waals surface area contributed by atoms with Crippen molar-refractivity contribution >= 4 is 5.69 Å². The Labute approximate surface area is 123 Å². The average molecular weight is 275 g/mol. The molecule has 0 unspecified atom stereocenters. The molecule has 0 amide bonds. The second-order valence-corrected chi connectivity index (χ2v) is 6.72. The lowest BCUT2D eigenvalue weighted by Gasteiger charge is -2.43. The van der Waals surface area contributed by atoms with Gasteiger partial charge >= 0.3 is 0 Å². The first kappa shape index (κ1) is 15.3. The van der Waals surface area contributed by atoms with Crippen molar-refractivity contribution in [1.82, 2.24) is 4.90 Å². The van der Waals surface area contributed by atoms with E-state index >= 15 is 0 Å². The van der Waals surface area contributed by atoms with Gasteiger partial charge in [0.1, 0.15) is 0 Å². The minimum absolute atomic E-state index is 0.145. The predicted molar refractivity (Wildman–Crippen MR) is 87.2 cm³/mol. The second-order valence-electron chi connectivity index (χ2n) is 6.72. The van der Waals surface area contributed by atoms with Crippen LogP contribution in [0.25, 0.3) is 0 Å². The zero-order valence-corrected chi connectivity index (χ0v) is 13.4. The number of nitrogens with two attached hydrogens (primary N) is 1. The van der Waals surface area contributed by atoms with E-state index in [1.165, 1.54) is 11.3 Å². The van der Waals surface area contributed by atoms with Gasteiger partial charge in [-0.25, -0.2) is 0 Å². The van der Waals surface area contributed by atoms with E-state index in [-0.39, 0.29) is 11.6 Å². The van der Waals surface area contributed by atoms with E-state index in [0.717, 1.165) is 32.6 Å². The van der Waals surface area contributed by atoms with Gasteiger partial charge in [-0.1, -0.05) is 25.1 Å². The molecule has 3 nitrogen and oxygen atoms in total. The number of benzene rings is 1. The SMILES string of the molecule is CC[C@H](N)c1ccccc1N1CCN(C(C)(C)C)CC1. The average Bonchev–Trinajstić information content (AvgIpc) is 2.45. The number of para-hydroxylation sites is 1. The number of piperazine rings is 1. The molecule has 2 N–H and O–H groups in total. The van der Waals surface area contributed by atoms with Crippen molar-refractivity contribution in [3.63, 3.8) is 0 Å². The Bertz CT molecular complexity index is 428. The van der Waals surface area contributed by atoms with Crippen LogP contribution in [0.15, 0.2) is 24.3 Å². The summed E-state index contributed by atoms with van der Waals surface area (Å²) in [6, 6.07) is 8.76. The zero-order chi connectivity index (χ0) is 14.8. The van der Waals surface area contributed by atoms with Gasteiger partial charge in [0.15, 0.2) is 0 Å². The first-order valence-electron chi connectivity index (χ1n) is 7.78. The monoisotopic (exact) mass is 275 g/mol. The third kappa shape index (κ3) is 3.33. The van der Waals surface area contributed by atoms with Crippen LogP contribution in [0.1, 0.15) is 45.7 Å². The molecule has 0 aromatic heterocycles. The van der Waals surface area contributed by atoms with Gasteiger partial charge in [0, 0.05) is 43.4 Å². The quantitative estimate of drug-likeness (QED) is 0.920. The normalized spacial score (nSPS) is 19.1. The van der Waals surface area contributed by atoms with E-state index < -0.39 is 0 Å². The van der Waals surface area contributed by atoms with Gasteiger partial charge in [0.05, 0.1) is 0 Å². The van der Waals surface area contributed by atoms with Crippen molar-refractivity contribution in [2.45, 2.75) is 45.7 Å². The largest absolute Gasteiger partial charge is 0.369 e. The molecule has 1 aliphatic heterocycles. The number of hydrogen-bond acceptors (Lipinski definition) is 3. The molecule has 0 spiro atoms. The van der Waals surface area contributed by atoms with Gasteiger partial charge in [-0.2, -0.15) is 0 Å². The van der Waals surface area contributed by atoms with Crippen LogP contribution in [0.4, 0.5) is 5.69 Å². The van der Waals surface area contributed by atoms with Crippen molar-refractivity contribution in [2.75, 3.05) is 31.1 Å². The highest BCUT2D eigenvalue weighted by molar-refractivity contribution is 5.55. The van der Waals surface area contributed by atoms with Crippen molar-refractivity contribution in [3.8, 4) is 0 Å². The molecule has 1 heterocycles. The standard InChI is InChI=1S/C17H29N3/c1-5-15(18)14-8-6-7-9-16(14)19-10-12-20(13-11-19)17(2,3)4/h6-9,15H,5,10-13,18H2,1-4H3/t15-/m0/s1. The molecule has 0 bridgehead atoms. The summed E-state index contributed by atoms with van der Waals surface area (Å²) in [5, 5.41) is 0. The van der Waals surface area contributed by atoms with Crippen LogP contribution in [-0.2, 0) is 0 Å². The zero-order valence-electron chi connectivity index (χ0n) is 13.4. The summed E-state index contributed by atoms with van der Waals surface area (Å²) in [6.45, 7) is 13.5. The maximum absolute atomic E-state index is 6.26. The third-order valence-corrected chi connectivity index (χ3v) is 4.35. The predicted octanol–water partition coefficient (Wildman–Crippen LogP) is 3.02. The molecule has 0 saturated carbocycles. The fraction of sp³-hybridized carbons (Fsp3) is 0.647. The first-order chi connectivity index (χ1) is 9.43. The highest BCUT2D eigenvalue weighted by Gasteiger charge is 2.26. The number of nitrogens with zero attached hydrogens (tertiary/aromatic N) is 2. The Morgan fingerprint density at radius 3 is 2.25 bits per heavy atom. The van der Waals surface area contributed by atoms with E-state index in [4.69, 9.17) is 5.73 Å². The maximum atomic E-state index is 6.26. The third-order valence-electron chi connectivity index (χ3n) is 4.35. The van der Waals surface area contributed by atoms with Gasteiger partial charge < -0.3 is 10.6 Å². The van der Waals surface area contributed by atoms with Crippen LogP contribution in [0, 0.1) is 0 Å². The van der Waals surface area contributed by atoms with Crippen LogP contribution >= 0.6 is 0 Å². The molecule has 1 atom stereocenters. The lowest BCUT2D eigenvalue weighted by atomic mass is 10.0. The summed E-state index contributed by atoms with van der Waals surface area (Å²) in [5.74, 6) is 0. The molecule has 2 rings (SSSR count). The Kier molecular flexibility index (Phi) is 4.71. The molecule has 0 aliphatic carbocycles. The minimum Gasteiger partial charge on any atom is -0.369 e. The molecule has 1 aliphatic rings. The number of anilines is 1. The van der Waals surface area contributed by atoms with Crippen molar-refractivity contribution in [3.05, 3.63) is 29.8 Å². The van der Waals surface area contributed by atoms with Crippen molar-refractivity contribution in [1.29, 1.82) is 0 Å². The Morgan fingerprint density at radius 2 is 1.70 bits per heavy atom. The summed E-state index contributed by atoms with van der Waals surface area (Å²) in [4.78, 5) is 5.05. The molecule has 1 aromatic carbocycles. The van der Waals surface area contributed by atoms with E-state index in [2.05, 4.69) is 61.8 Å². The van der Waals surface area contributed by atoms with Crippen LogP contribution in [0.3, 0.4) is 0 Å². The van der Waals surface area contributed by atoms with E-state index in [9.17, 15) is 0 Å². The van der Waals surface area contributed by atoms with Crippen LogP contribution < -0.4 is 10.6 Å². The van der Waals surface area contributed by atoms with Crippen molar-refractivity contribution < 1.29 is 0 Å². The fourth-order valence-electron chi connectivity index (χ4n) is 2.93. The molecule has 1 fully saturated rings. The molecule has 112 valence electrons. The molecule has 20 heavy (non-hydrogen) atoms. The number of rotatable bonds is 3. The van der Waals surface area contributed by atoms with E-state index in [1.54, 1.807) is 0 Å². The van der Waals surface area contributed by atoms with Gasteiger partial charge in [-0.15, -0.1) is 0 Å². The highest BCUT2D eigenvalue weighted by Crippen LogP contribution is 2.28. The molecule has 3 heteroatoms. The molecule has 1 aromatic rings. The second kappa shape index (κ2) is 6.15. The molecular weight excluding hydrogens is 246 g/mol. The fourth-order valence-corrected chi connectivity index (χ4v) is 2.93. The number of hydrogen-bond donors (Lipinski definition) is 1. The topological polar surface area (TPSA) is 32.5 Å². The van der Waals surface area contributed by atoms with E-state index in [1.807, 2.05) is 0 Å². The minimum atomic E-state index is 0.145. The maximum Gasteiger partial charge on any atom is 0.0415 e. The van der Waals surface area contributed by atoms with E-state index in [0.29, 0.717) is 0 Å². The first-order valence-corrected chi connectivity index (χ1v) is 7.78.